The molecule has 0 aromatic heterocycles. The summed E-state index contributed by atoms with van der Waals surface area (Å²) in [6, 6.07) is 10.7. The van der Waals surface area contributed by atoms with E-state index < -0.39 is 0 Å². The van der Waals surface area contributed by atoms with Crippen molar-refractivity contribution in [2.45, 2.75) is 2.62 Å². The summed E-state index contributed by atoms with van der Waals surface area (Å²) >= 11 is 1.66. The first-order valence-corrected chi connectivity index (χ1v) is 13.3. The van der Waals surface area contributed by atoms with E-state index in [4.69, 9.17) is 0 Å². The Balaban J connectivity index is 0.000000292. The summed E-state index contributed by atoms with van der Waals surface area (Å²) in [6.45, 7) is 2.22. The average Bonchev–Trinajstić information content (AvgIpc) is 2.08. The molecule has 0 N–H and O–H groups in total. The van der Waals surface area contributed by atoms with E-state index in [-0.39, 0.29) is 0 Å². The van der Waals surface area contributed by atoms with Crippen molar-refractivity contribution < 1.29 is 0 Å². The van der Waals surface area contributed by atoms with Crippen molar-refractivity contribution in [3.05, 3.63) is 35.9 Å². The molecule has 1 aromatic carbocycles. The number of benzene rings is 1. The molecule has 50 valence electrons. The molecule has 0 saturated carbocycles. The SMILES string of the molecule is C[CH2][Cs].[Cs][CH2]c1ccccc1. The second kappa shape index (κ2) is 11.4. The molecule has 0 heterocycles. The van der Waals surface area contributed by atoms with Crippen molar-refractivity contribution in [3.63, 3.8) is 0 Å². The molecule has 0 aliphatic heterocycles. The quantitative estimate of drug-likeness (QED) is 0.693. The van der Waals surface area contributed by atoms with Gasteiger partial charge in [-0.2, -0.15) is 0 Å². The minimum absolute atomic E-state index is 0.745. The zero-order valence-electron chi connectivity index (χ0n) is 7.80. The molecule has 0 fully saturated rings. The van der Waals surface area contributed by atoms with Crippen LogP contribution in [0.2, 0.25) is -2.15 Å². The second-order valence-electron chi connectivity index (χ2n) is 2.55. The molecule has 0 aliphatic carbocycles. The van der Waals surface area contributed by atoms with Gasteiger partial charge >= 0.3 is 170 Å². The van der Waals surface area contributed by atoms with Crippen molar-refractivity contribution in [2.24, 2.45) is 0 Å². The van der Waals surface area contributed by atoms with E-state index in [1.165, 1.54) is 1.26 Å². The molecule has 11 heavy (non-hydrogen) atoms. The molecule has 0 aliphatic rings. The van der Waals surface area contributed by atoms with Crippen molar-refractivity contribution in [3.8, 4) is 0 Å². The molecule has 0 unspecified atom stereocenters. The third-order valence-electron chi connectivity index (χ3n) is 1.25. The van der Waals surface area contributed by atoms with Crippen molar-refractivity contribution in [2.75, 3.05) is 0 Å². The van der Waals surface area contributed by atoms with Crippen LogP contribution < -0.4 is 0 Å². The zero-order chi connectivity index (χ0) is 8.53. The van der Waals surface area contributed by atoms with Crippen LogP contribution in [0.25, 0.3) is 0 Å². The normalized spacial score (nSPS) is 8.45. The number of hydrogen-bond acceptors (Lipinski definition) is 0. The van der Waals surface area contributed by atoms with Gasteiger partial charge in [0.25, 0.3) is 0 Å². The van der Waals surface area contributed by atoms with Crippen LogP contribution in [0.1, 0.15) is 12.5 Å². The van der Waals surface area contributed by atoms with Gasteiger partial charge in [-0.25, -0.2) is 0 Å². The molecule has 0 nitrogen and oxygen atoms in total. The van der Waals surface area contributed by atoms with Crippen molar-refractivity contribution in [1.29, 1.82) is 0 Å². The fourth-order valence-corrected chi connectivity index (χ4v) is 2.19. The van der Waals surface area contributed by atoms with Crippen LogP contribution in [0, 0.1) is 0 Å². The van der Waals surface area contributed by atoms with Gasteiger partial charge in [0.2, 0.25) is 0 Å². The molecule has 1 rings (SSSR count). The first-order valence-electron chi connectivity index (χ1n) is 4.39. The van der Waals surface area contributed by atoms with Gasteiger partial charge in [0.05, 0.1) is 0 Å². The summed E-state index contributed by atoms with van der Waals surface area (Å²) in [5.41, 5.74) is 1.51. The third kappa shape index (κ3) is 9.62. The van der Waals surface area contributed by atoms with Gasteiger partial charge in [0.15, 0.2) is 0 Å². The van der Waals surface area contributed by atoms with Gasteiger partial charge in [-0.15, -0.1) is 0 Å². The van der Waals surface area contributed by atoms with Crippen LogP contribution in [0.3, 0.4) is 0 Å². The predicted molar refractivity (Wildman–Crippen MR) is 52.1 cm³/mol. The zero-order valence-corrected chi connectivity index (χ0v) is 20.4. The van der Waals surface area contributed by atoms with Gasteiger partial charge in [-0.3, -0.25) is 0 Å². The van der Waals surface area contributed by atoms with Gasteiger partial charge in [0, 0.05) is 0 Å². The predicted octanol–water partition coefficient (Wildman–Crippen LogP) is 1.95. The molecule has 0 saturated heterocycles. The molecule has 0 bridgehead atoms. The molecular formula is C9H12Cs2. The van der Waals surface area contributed by atoms with E-state index in [1.807, 2.05) is 0 Å². The third-order valence-corrected chi connectivity index (χ3v) is 3.81. The number of hydrogen-bond donors (Lipinski definition) is 0. The molecule has 2 heteroatoms. The van der Waals surface area contributed by atoms with Gasteiger partial charge in [-0.1, -0.05) is 0 Å². The van der Waals surface area contributed by atoms with Crippen LogP contribution in [0.15, 0.2) is 30.3 Å². The van der Waals surface area contributed by atoms with Crippen LogP contribution in [-0.2, 0) is -2.15 Å². The Hall–Kier alpha value is 3.32. The van der Waals surface area contributed by atoms with Crippen LogP contribution >= 0.6 is 0 Å². The summed E-state index contributed by atoms with van der Waals surface area (Å²) in [6.07, 6.45) is 0. The summed E-state index contributed by atoms with van der Waals surface area (Å²) < 4.78 is 2.83. The molecule has 0 spiro atoms. The van der Waals surface area contributed by atoms with Gasteiger partial charge in [-0.05, 0) is 0 Å². The van der Waals surface area contributed by atoms with E-state index in [9.17, 15) is 0 Å². The van der Waals surface area contributed by atoms with E-state index in [0.717, 1.165) is 132 Å². The Kier molecular flexibility index (Phi) is 14.8. The van der Waals surface area contributed by atoms with E-state index in [0.29, 0.717) is 0 Å². The average molecular weight is 386 g/mol. The Labute approximate surface area is 164 Å². The maximum atomic E-state index is 2.22. The molecule has 0 atom stereocenters. The van der Waals surface area contributed by atoms with E-state index in [1.54, 1.807) is 0 Å². The molecule has 0 amide bonds. The van der Waals surface area contributed by atoms with E-state index in [2.05, 4.69) is 37.3 Å². The molecule has 0 radical (unpaired) electrons. The van der Waals surface area contributed by atoms with Crippen LogP contribution in [-0.4, -0.2) is 132 Å². The first-order chi connectivity index (χ1) is 5.35. The fourth-order valence-electron chi connectivity index (χ4n) is 0.714. The monoisotopic (exact) mass is 386 g/mol. The Morgan fingerprint density at radius 2 is 1.55 bits per heavy atom. The summed E-state index contributed by atoms with van der Waals surface area (Å²) in [5.74, 6) is 0. The van der Waals surface area contributed by atoms with Gasteiger partial charge in [0.1, 0.15) is 0 Å². The number of rotatable bonds is 1. The standard InChI is InChI=1S/C7H7.C2H5.2Cs/c1-7-5-3-2-4-6-7;1-2;;/h2-6H,1H2;1H2,2H3;;. The first kappa shape index (κ1) is 14.3. The Morgan fingerprint density at radius 1 is 1.09 bits per heavy atom. The van der Waals surface area contributed by atoms with Crippen LogP contribution in [0.5, 0.6) is 0 Å². The summed E-state index contributed by atoms with van der Waals surface area (Å²) in [7, 11) is 0. The topological polar surface area (TPSA) is 0 Å². The summed E-state index contributed by atoms with van der Waals surface area (Å²) in [5, 5.41) is 0. The van der Waals surface area contributed by atoms with Gasteiger partial charge < -0.3 is 0 Å². The van der Waals surface area contributed by atoms with Crippen molar-refractivity contribution >= 4 is 132 Å². The molecular weight excluding hydrogens is 374 g/mol. The summed E-state index contributed by atoms with van der Waals surface area (Å²) in [4.78, 5) is 0. The second-order valence-corrected chi connectivity index (χ2v) is 9.21. The Morgan fingerprint density at radius 3 is 1.82 bits per heavy atom. The van der Waals surface area contributed by atoms with Crippen molar-refractivity contribution in [1.82, 2.24) is 0 Å². The fraction of sp³-hybridized carbons (Fsp3) is 0.333. The van der Waals surface area contributed by atoms with E-state index >= 15 is 0 Å². The van der Waals surface area contributed by atoms with Crippen LogP contribution in [0.4, 0.5) is 0 Å². The minimum atomic E-state index is 0.745. The molecule has 1 aromatic rings. The maximum absolute atomic E-state index is 2.22. The Bertz CT molecular complexity index is 160.